The highest BCUT2D eigenvalue weighted by Crippen LogP contribution is 2.23. The first kappa shape index (κ1) is 19.5. The van der Waals surface area contributed by atoms with Gasteiger partial charge in [-0.15, -0.1) is 0 Å². The highest BCUT2D eigenvalue weighted by atomic mass is 16.4. The zero-order valence-corrected chi connectivity index (χ0v) is 15.4. The van der Waals surface area contributed by atoms with Gasteiger partial charge in [0.05, 0.1) is 5.41 Å². The number of amides is 3. The molecule has 0 atom stereocenters. The van der Waals surface area contributed by atoms with Crippen LogP contribution in [0.4, 0.5) is 4.79 Å². The van der Waals surface area contributed by atoms with Crippen molar-refractivity contribution >= 4 is 17.9 Å². The normalized spacial score (nSPS) is 19.1. The summed E-state index contributed by atoms with van der Waals surface area (Å²) >= 11 is 0. The van der Waals surface area contributed by atoms with E-state index in [1.807, 2.05) is 18.7 Å². The first-order valence-corrected chi connectivity index (χ1v) is 9.33. The standard InChI is InChI=1S/C18H31N3O4/c1-18(2,16(24)20-9-3-4-10-20)13-19-17(25)21-11-7-14(8-12-21)5-6-15(22)23/h14H,3-13H2,1-2H3,(H,19,25)(H,22,23). The van der Waals surface area contributed by atoms with Crippen LogP contribution in [-0.4, -0.2) is 65.5 Å². The molecule has 3 amide bonds. The van der Waals surface area contributed by atoms with Crippen molar-refractivity contribution in [1.29, 1.82) is 0 Å². The number of aliphatic carboxylic acids is 1. The van der Waals surface area contributed by atoms with Gasteiger partial charge in [0.25, 0.3) is 0 Å². The summed E-state index contributed by atoms with van der Waals surface area (Å²) in [4.78, 5) is 39.2. The number of carboxylic acid groups (broad SMARTS) is 1. The maximum absolute atomic E-state index is 12.5. The fraction of sp³-hybridized carbons (Fsp3) is 0.833. The number of carbonyl (C=O) groups excluding carboxylic acids is 2. The van der Waals surface area contributed by atoms with Crippen molar-refractivity contribution in [2.75, 3.05) is 32.7 Å². The van der Waals surface area contributed by atoms with Crippen LogP contribution >= 0.6 is 0 Å². The third kappa shape index (κ3) is 5.61. The van der Waals surface area contributed by atoms with Crippen LogP contribution in [-0.2, 0) is 9.59 Å². The van der Waals surface area contributed by atoms with Crippen molar-refractivity contribution < 1.29 is 19.5 Å². The summed E-state index contributed by atoms with van der Waals surface area (Å²) in [6.45, 7) is 7.03. The molecule has 2 rings (SSSR count). The number of rotatable bonds is 6. The Morgan fingerprint density at radius 3 is 2.20 bits per heavy atom. The fourth-order valence-electron chi connectivity index (χ4n) is 3.58. The molecular formula is C18H31N3O4. The number of nitrogens with one attached hydrogen (secondary N) is 1. The van der Waals surface area contributed by atoms with Crippen LogP contribution < -0.4 is 5.32 Å². The lowest BCUT2D eigenvalue weighted by atomic mass is 9.91. The molecule has 142 valence electrons. The SMILES string of the molecule is CC(C)(CNC(=O)N1CCC(CCC(=O)O)CC1)C(=O)N1CCCC1. The van der Waals surface area contributed by atoms with Gasteiger partial charge < -0.3 is 20.2 Å². The molecule has 2 N–H and O–H groups in total. The first-order valence-electron chi connectivity index (χ1n) is 9.33. The van der Waals surface area contributed by atoms with Gasteiger partial charge in [-0.2, -0.15) is 0 Å². The monoisotopic (exact) mass is 353 g/mol. The van der Waals surface area contributed by atoms with Crippen LogP contribution in [0, 0.1) is 11.3 Å². The number of likely N-dealkylation sites (tertiary alicyclic amines) is 2. The molecule has 7 nitrogen and oxygen atoms in total. The minimum Gasteiger partial charge on any atom is -0.481 e. The van der Waals surface area contributed by atoms with E-state index in [-0.39, 0.29) is 18.4 Å². The number of hydrogen-bond acceptors (Lipinski definition) is 3. The largest absolute Gasteiger partial charge is 0.481 e. The molecule has 2 heterocycles. The van der Waals surface area contributed by atoms with Gasteiger partial charge in [-0.3, -0.25) is 9.59 Å². The van der Waals surface area contributed by atoms with E-state index in [2.05, 4.69) is 5.32 Å². The molecule has 2 aliphatic rings. The Morgan fingerprint density at radius 1 is 1.04 bits per heavy atom. The Hall–Kier alpha value is -1.79. The lowest BCUT2D eigenvalue weighted by Crippen LogP contribution is -2.50. The van der Waals surface area contributed by atoms with Crippen LogP contribution in [0.2, 0.25) is 0 Å². The molecule has 2 fully saturated rings. The summed E-state index contributed by atoms with van der Waals surface area (Å²) in [7, 11) is 0. The predicted molar refractivity (Wildman–Crippen MR) is 94.2 cm³/mol. The molecule has 0 spiro atoms. The van der Waals surface area contributed by atoms with Gasteiger partial charge in [0.1, 0.15) is 0 Å². The van der Waals surface area contributed by atoms with Crippen molar-refractivity contribution in [3.05, 3.63) is 0 Å². The topological polar surface area (TPSA) is 90.0 Å². The highest BCUT2D eigenvalue weighted by Gasteiger charge is 2.34. The smallest absolute Gasteiger partial charge is 0.317 e. The van der Waals surface area contributed by atoms with E-state index in [4.69, 9.17) is 5.11 Å². The van der Waals surface area contributed by atoms with Crippen LogP contribution in [0.5, 0.6) is 0 Å². The van der Waals surface area contributed by atoms with Gasteiger partial charge in [-0.1, -0.05) is 0 Å². The Balaban J connectivity index is 1.73. The van der Waals surface area contributed by atoms with Gasteiger partial charge in [0.2, 0.25) is 5.91 Å². The van der Waals surface area contributed by atoms with E-state index >= 15 is 0 Å². The summed E-state index contributed by atoms with van der Waals surface area (Å²) in [5.41, 5.74) is -0.597. The summed E-state index contributed by atoms with van der Waals surface area (Å²) < 4.78 is 0. The molecule has 0 aliphatic carbocycles. The van der Waals surface area contributed by atoms with E-state index in [0.29, 0.717) is 32.0 Å². The molecule has 0 unspecified atom stereocenters. The average Bonchev–Trinajstić information content (AvgIpc) is 3.12. The van der Waals surface area contributed by atoms with Crippen molar-refractivity contribution in [2.45, 2.75) is 52.4 Å². The van der Waals surface area contributed by atoms with Gasteiger partial charge in [-0.25, -0.2) is 4.79 Å². The second-order valence-electron chi connectivity index (χ2n) is 7.90. The molecule has 2 aliphatic heterocycles. The van der Waals surface area contributed by atoms with Crippen LogP contribution in [0.25, 0.3) is 0 Å². The quantitative estimate of drug-likeness (QED) is 0.763. The minimum absolute atomic E-state index is 0.109. The van der Waals surface area contributed by atoms with E-state index in [0.717, 1.165) is 38.8 Å². The molecule has 0 aromatic rings. The summed E-state index contributed by atoms with van der Waals surface area (Å²) in [5.74, 6) is -0.268. The Bertz CT molecular complexity index is 493. The number of nitrogens with zero attached hydrogens (tertiary/aromatic N) is 2. The molecule has 25 heavy (non-hydrogen) atoms. The third-order valence-corrected chi connectivity index (χ3v) is 5.32. The number of hydrogen-bond donors (Lipinski definition) is 2. The lowest BCUT2D eigenvalue weighted by Gasteiger charge is -2.34. The van der Waals surface area contributed by atoms with E-state index in [1.54, 1.807) is 4.90 Å². The maximum Gasteiger partial charge on any atom is 0.317 e. The minimum atomic E-state index is -0.759. The van der Waals surface area contributed by atoms with E-state index < -0.39 is 11.4 Å². The molecular weight excluding hydrogens is 322 g/mol. The number of carbonyl (C=O) groups is 3. The second kappa shape index (κ2) is 8.54. The first-order chi connectivity index (χ1) is 11.8. The second-order valence-corrected chi connectivity index (χ2v) is 7.90. The zero-order chi connectivity index (χ0) is 18.4. The number of piperidine rings is 1. The van der Waals surface area contributed by atoms with Crippen molar-refractivity contribution in [2.24, 2.45) is 11.3 Å². The summed E-state index contributed by atoms with van der Waals surface area (Å²) in [5, 5.41) is 11.7. The molecule has 0 radical (unpaired) electrons. The van der Waals surface area contributed by atoms with E-state index in [9.17, 15) is 14.4 Å². The number of carboxylic acids is 1. The molecule has 0 saturated carbocycles. The van der Waals surface area contributed by atoms with Crippen LogP contribution in [0.1, 0.15) is 52.4 Å². The Labute approximate surface area is 149 Å². The average molecular weight is 353 g/mol. The van der Waals surface area contributed by atoms with Gasteiger partial charge in [-0.05, 0) is 51.9 Å². The Kier molecular flexibility index (Phi) is 6.67. The molecule has 2 saturated heterocycles. The maximum atomic E-state index is 12.5. The van der Waals surface area contributed by atoms with Crippen molar-refractivity contribution in [1.82, 2.24) is 15.1 Å². The summed E-state index contributed by atoms with van der Waals surface area (Å²) in [6, 6.07) is -0.126. The lowest BCUT2D eigenvalue weighted by molar-refractivity contribution is -0.139. The van der Waals surface area contributed by atoms with Gasteiger partial charge in [0, 0.05) is 39.1 Å². The fourth-order valence-corrected chi connectivity index (χ4v) is 3.58. The van der Waals surface area contributed by atoms with Gasteiger partial charge >= 0.3 is 12.0 Å². The molecule has 7 heteroatoms. The highest BCUT2D eigenvalue weighted by molar-refractivity contribution is 5.83. The van der Waals surface area contributed by atoms with Crippen molar-refractivity contribution in [3.63, 3.8) is 0 Å². The van der Waals surface area contributed by atoms with Crippen molar-refractivity contribution in [3.8, 4) is 0 Å². The molecule has 0 aromatic carbocycles. The molecule has 0 bridgehead atoms. The predicted octanol–water partition coefficient (Wildman–Crippen LogP) is 1.92. The Morgan fingerprint density at radius 2 is 1.64 bits per heavy atom. The number of urea groups is 1. The van der Waals surface area contributed by atoms with E-state index in [1.165, 1.54) is 0 Å². The summed E-state index contributed by atoms with van der Waals surface area (Å²) in [6.07, 6.45) is 4.69. The van der Waals surface area contributed by atoms with Crippen LogP contribution in [0.15, 0.2) is 0 Å². The zero-order valence-electron chi connectivity index (χ0n) is 15.4. The molecule has 0 aromatic heterocycles. The van der Waals surface area contributed by atoms with Crippen LogP contribution in [0.3, 0.4) is 0 Å². The van der Waals surface area contributed by atoms with Gasteiger partial charge in [0.15, 0.2) is 0 Å². The third-order valence-electron chi connectivity index (χ3n) is 5.32.